The number of ether oxygens (including phenoxy) is 1. The van der Waals surface area contributed by atoms with Crippen LogP contribution in [0.5, 0.6) is 0 Å². The summed E-state index contributed by atoms with van der Waals surface area (Å²) in [6, 6.07) is 0. The Balaban J connectivity index is 1.73. The molecule has 0 amide bonds. The number of carbonyl (C=O) groups is 1. The van der Waals surface area contributed by atoms with Crippen LogP contribution in [-0.4, -0.2) is 33.4 Å². The van der Waals surface area contributed by atoms with Crippen molar-refractivity contribution in [1.82, 2.24) is 15.4 Å². The molecule has 5 heteroatoms. The maximum absolute atomic E-state index is 12.2. The number of aromatic amines is 1. The lowest BCUT2D eigenvalue weighted by Gasteiger charge is -2.37. The first kappa shape index (κ1) is 10.9. The standard InChI is InChI=1S/C12H17N3O2/c16-11(10-8-13-15-14-10)9-3-6-17-12(7-9)4-1-2-5-12/h8-9H,1-7H2,(H,13,14,15). The summed E-state index contributed by atoms with van der Waals surface area (Å²) in [5.41, 5.74) is 0.451. The van der Waals surface area contributed by atoms with Gasteiger partial charge in [0.2, 0.25) is 0 Å². The van der Waals surface area contributed by atoms with Gasteiger partial charge in [-0.25, -0.2) is 0 Å². The van der Waals surface area contributed by atoms with Gasteiger partial charge in [0.05, 0.1) is 11.8 Å². The number of nitrogens with zero attached hydrogens (tertiary/aromatic N) is 2. The van der Waals surface area contributed by atoms with Gasteiger partial charge in [-0.3, -0.25) is 4.79 Å². The van der Waals surface area contributed by atoms with E-state index >= 15 is 0 Å². The lowest BCUT2D eigenvalue weighted by molar-refractivity contribution is -0.0866. The van der Waals surface area contributed by atoms with Crippen LogP contribution in [0.2, 0.25) is 0 Å². The highest BCUT2D eigenvalue weighted by Crippen LogP contribution is 2.42. The van der Waals surface area contributed by atoms with E-state index in [4.69, 9.17) is 4.74 Å². The van der Waals surface area contributed by atoms with Crippen LogP contribution in [0.1, 0.15) is 49.0 Å². The Labute approximate surface area is 99.9 Å². The highest BCUT2D eigenvalue weighted by Gasteiger charge is 2.42. The van der Waals surface area contributed by atoms with Gasteiger partial charge < -0.3 is 4.74 Å². The van der Waals surface area contributed by atoms with Crippen LogP contribution in [0.3, 0.4) is 0 Å². The molecule has 0 radical (unpaired) electrons. The smallest absolute Gasteiger partial charge is 0.187 e. The van der Waals surface area contributed by atoms with Crippen molar-refractivity contribution in [3.05, 3.63) is 11.9 Å². The number of nitrogens with one attached hydrogen (secondary N) is 1. The third-order valence-electron chi connectivity index (χ3n) is 4.05. The zero-order valence-electron chi connectivity index (χ0n) is 9.82. The molecule has 0 bridgehead atoms. The summed E-state index contributed by atoms with van der Waals surface area (Å²) in [7, 11) is 0. The first-order valence-corrected chi connectivity index (χ1v) is 6.33. The minimum atomic E-state index is -0.0116. The van der Waals surface area contributed by atoms with Gasteiger partial charge in [-0.05, 0) is 25.7 Å². The molecule has 17 heavy (non-hydrogen) atoms. The van der Waals surface area contributed by atoms with Gasteiger partial charge >= 0.3 is 0 Å². The number of Topliss-reactive ketones (excluding diaryl/α,β-unsaturated/α-hetero) is 1. The van der Waals surface area contributed by atoms with Crippen molar-refractivity contribution < 1.29 is 9.53 Å². The Bertz CT molecular complexity index is 396. The van der Waals surface area contributed by atoms with E-state index in [1.807, 2.05) is 0 Å². The number of rotatable bonds is 2. The van der Waals surface area contributed by atoms with Crippen molar-refractivity contribution in [2.24, 2.45) is 5.92 Å². The van der Waals surface area contributed by atoms with E-state index in [1.54, 1.807) is 0 Å². The average molecular weight is 235 g/mol. The number of hydrogen-bond donors (Lipinski definition) is 1. The summed E-state index contributed by atoms with van der Waals surface area (Å²) in [4.78, 5) is 12.2. The molecule has 1 unspecified atom stereocenters. The topological polar surface area (TPSA) is 67.9 Å². The summed E-state index contributed by atoms with van der Waals surface area (Å²) >= 11 is 0. The lowest BCUT2D eigenvalue weighted by atomic mass is 9.82. The first-order valence-electron chi connectivity index (χ1n) is 6.33. The second-order valence-corrected chi connectivity index (χ2v) is 5.15. The molecule has 3 rings (SSSR count). The third-order valence-corrected chi connectivity index (χ3v) is 4.05. The minimum absolute atomic E-state index is 0.0116. The molecule has 5 nitrogen and oxygen atoms in total. The van der Waals surface area contributed by atoms with E-state index in [9.17, 15) is 4.79 Å². The summed E-state index contributed by atoms with van der Waals surface area (Å²) < 4.78 is 5.93. The highest BCUT2D eigenvalue weighted by molar-refractivity contribution is 5.95. The number of aromatic nitrogens is 3. The van der Waals surface area contributed by atoms with Crippen molar-refractivity contribution in [1.29, 1.82) is 0 Å². The second-order valence-electron chi connectivity index (χ2n) is 5.15. The fraction of sp³-hybridized carbons (Fsp3) is 0.750. The zero-order chi connectivity index (χ0) is 11.7. The Morgan fingerprint density at radius 3 is 3.00 bits per heavy atom. The molecule has 92 valence electrons. The van der Waals surface area contributed by atoms with Gasteiger partial charge in [0.1, 0.15) is 5.69 Å². The number of ketones is 1. The SMILES string of the molecule is O=C(c1cn[nH]n1)C1CCOC2(CCCC2)C1. The van der Waals surface area contributed by atoms with Gasteiger partial charge in [-0.2, -0.15) is 15.4 Å². The lowest BCUT2D eigenvalue weighted by Crippen LogP contribution is -2.39. The van der Waals surface area contributed by atoms with Crippen LogP contribution in [0.25, 0.3) is 0 Å². The second kappa shape index (κ2) is 4.22. The Kier molecular flexibility index (Phi) is 2.70. The number of carbonyl (C=O) groups excluding carboxylic acids is 1. The molecule has 1 aliphatic heterocycles. The zero-order valence-corrected chi connectivity index (χ0v) is 9.82. The predicted molar refractivity (Wildman–Crippen MR) is 60.6 cm³/mol. The van der Waals surface area contributed by atoms with Crippen LogP contribution >= 0.6 is 0 Å². The summed E-state index contributed by atoms with van der Waals surface area (Å²) in [6.07, 6.45) is 7.85. The molecule has 2 aliphatic rings. The van der Waals surface area contributed by atoms with E-state index in [0.717, 1.165) is 25.7 Å². The molecule has 1 aromatic rings. The van der Waals surface area contributed by atoms with E-state index < -0.39 is 0 Å². The predicted octanol–water partition coefficient (Wildman–Crippen LogP) is 1.73. The monoisotopic (exact) mass is 235 g/mol. The molecule has 1 saturated carbocycles. The van der Waals surface area contributed by atoms with Crippen LogP contribution in [0.15, 0.2) is 6.20 Å². The maximum Gasteiger partial charge on any atom is 0.187 e. The molecule has 1 atom stereocenters. The molecule has 2 fully saturated rings. The van der Waals surface area contributed by atoms with E-state index in [0.29, 0.717) is 12.3 Å². The number of hydrogen-bond acceptors (Lipinski definition) is 4. The minimum Gasteiger partial charge on any atom is -0.375 e. The summed E-state index contributed by atoms with van der Waals surface area (Å²) in [5.74, 6) is 0.181. The van der Waals surface area contributed by atoms with Crippen LogP contribution in [0, 0.1) is 5.92 Å². The number of H-pyrrole nitrogens is 1. The molecule has 1 saturated heterocycles. The van der Waals surface area contributed by atoms with E-state index in [1.165, 1.54) is 19.0 Å². The Morgan fingerprint density at radius 2 is 2.29 bits per heavy atom. The van der Waals surface area contributed by atoms with Gasteiger partial charge in [0.15, 0.2) is 5.78 Å². The Morgan fingerprint density at radius 1 is 1.47 bits per heavy atom. The van der Waals surface area contributed by atoms with Crippen LogP contribution in [-0.2, 0) is 4.74 Å². The molecule has 1 spiro atoms. The fourth-order valence-corrected chi connectivity index (χ4v) is 3.15. The summed E-state index contributed by atoms with van der Waals surface area (Å²) in [5, 5.41) is 10.1. The van der Waals surface area contributed by atoms with Crippen molar-refractivity contribution in [2.75, 3.05) is 6.61 Å². The average Bonchev–Trinajstić information content (AvgIpc) is 3.00. The molecule has 0 aromatic carbocycles. The van der Waals surface area contributed by atoms with Crippen molar-refractivity contribution in [3.63, 3.8) is 0 Å². The third kappa shape index (κ3) is 1.99. The van der Waals surface area contributed by atoms with Crippen LogP contribution < -0.4 is 0 Å². The fourth-order valence-electron chi connectivity index (χ4n) is 3.15. The van der Waals surface area contributed by atoms with Crippen molar-refractivity contribution in [2.45, 2.75) is 44.1 Å². The molecule has 1 aliphatic carbocycles. The molecular formula is C12H17N3O2. The van der Waals surface area contributed by atoms with Crippen molar-refractivity contribution >= 4 is 5.78 Å². The quantitative estimate of drug-likeness (QED) is 0.793. The normalized spacial score (nSPS) is 27.4. The van der Waals surface area contributed by atoms with Gasteiger partial charge in [-0.15, -0.1) is 0 Å². The van der Waals surface area contributed by atoms with Gasteiger partial charge in [0, 0.05) is 12.5 Å². The molecule has 2 heterocycles. The highest BCUT2D eigenvalue weighted by atomic mass is 16.5. The van der Waals surface area contributed by atoms with Crippen molar-refractivity contribution in [3.8, 4) is 0 Å². The summed E-state index contributed by atoms with van der Waals surface area (Å²) in [6.45, 7) is 0.703. The van der Waals surface area contributed by atoms with Gasteiger partial charge in [0.25, 0.3) is 0 Å². The maximum atomic E-state index is 12.2. The Hall–Kier alpha value is -1.23. The molecular weight excluding hydrogens is 218 g/mol. The van der Waals surface area contributed by atoms with E-state index in [2.05, 4.69) is 15.4 Å². The van der Waals surface area contributed by atoms with Gasteiger partial charge in [-0.1, -0.05) is 12.8 Å². The van der Waals surface area contributed by atoms with E-state index in [-0.39, 0.29) is 17.3 Å². The first-order chi connectivity index (χ1) is 8.29. The van der Waals surface area contributed by atoms with Crippen LogP contribution in [0.4, 0.5) is 0 Å². The molecule has 1 aromatic heterocycles. The molecule has 1 N–H and O–H groups in total. The largest absolute Gasteiger partial charge is 0.375 e.